The van der Waals surface area contributed by atoms with Crippen LogP contribution in [-0.4, -0.2) is 49.3 Å². The number of rotatable bonds is 4. The lowest BCUT2D eigenvalue weighted by atomic mass is 9.77. The van der Waals surface area contributed by atoms with Gasteiger partial charge < -0.3 is 10.1 Å². The molecule has 0 amide bonds. The Labute approximate surface area is 121 Å². The molecule has 4 heteroatoms. The minimum absolute atomic E-state index is 0.515. The van der Waals surface area contributed by atoms with E-state index >= 15 is 0 Å². The monoisotopic (exact) mass is 275 g/mol. The first-order chi connectivity index (χ1) is 9.81. The van der Waals surface area contributed by atoms with E-state index in [2.05, 4.69) is 27.3 Å². The Balaban J connectivity index is 1.70. The molecule has 1 aromatic rings. The van der Waals surface area contributed by atoms with Gasteiger partial charge in [0.2, 0.25) is 0 Å². The van der Waals surface area contributed by atoms with Crippen LogP contribution in [0.25, 0.3) is 0 Å². The molecule has 2 fully saturated rings. The summed E-state index contributed by atoms with van der Waals surface area (Å²) in [5.74, 6) is 0. The van der Waals surface area contributed by atoms with Crippen molar-refractivity contribution in [1.29, 1.82) is 0 Å². The van der Waals surface area contributed by atoms with Crippen molar-refractivity contribution in [3.8, 4) is 0 Å². The van der Waals surface area contributed by atoms with Gasteiger partial charge in [-0.3, -0.25) is 9.88 Å². The smallest absolute Gasteiger partial charge is 0.0618 e. The molecule has 2 aliphatic rings. The summed E-state index contributed by atoms with van der Waals surface area (Å²) in [6, 6.07) is 4.81. The van der Waals surface area contributed by atoms with Crippen molar-refractivity contribution in [2.75, 3.05) is 33.4 Å². The minimum Gasteiger partial charge on any atom is -0.383 e. The Morgan fingerprint density at radius 1 is 1.35 bits per heavy atom. The predicted molar refractivity (Wildman–Crippen MR) is 79.5 cm³/mol. The van der Waals surface area contributed by atoms with Crippen LogP contribution >= 0.6 is 0 Å². The summed E-state index contributed by atoms with van der Waals surface area (Å²) in [4.78, 5) is 6.72. The fourth-order valence-electron chi connectivity index (χ4n) is 3.84. The van der Waals surface area contributed by atoms with Crippen molar-refractivity contribution in [1.82, 2.24) is 15.2 Å². The van der Waals surface area contributed by atoms with E-state index in [-0.39, 0.29) is 0 Å². The first-order valence-electron chi connectivity index (χ1n) is 7.64. The fraction of sp³-hybridized carbons (Fsp3) is 0.688. The van der Waals surface area contributed by atoms with Crippen molar-refractivity contribution in [3.05, 3.63) is 30.1 Å². The number of piperidine rings is 1. The van der Waals surface area contributed by atoms with E-state index in [1.165, 1.54) is 44.5 Å². The van der Waals surface area contributed by atoms with E-state index in [1.54, 1.807) is 0 Å². The zero-order chi connectivity index (χ0) is 13.8. The molecule has 2 aliphatic heterocycles. The van der Waals surface area contributed by atoms with Gasteiger partial charge in [0.25, 0.3) is 0 Å². The Morgan fingerprint density at radius 3 is 2.80 bits per heavy atom. The van der Waals surface area contributed by atoms with Crippen molar-refractivity contribution in [2.45, 2.75) is 31.8 Å². The van der Waals surface area contributed by atoms with Crippen LogP contribution in [0, 0.1) is 5.41 Å². The number of hydrogen-bond donors (Lipinski definition) is 1. The van der Waals surface area contributed by atoms with Gasteiger partial charge in [0.05, 0.1) is 6.61 Å². The number of methoxy groups -OCH3 is 1. The summed E-state index contributed by atoms with van der Waals surface area (Å²) < 4.78 is 5.46. The molecule has 20 heavy (non-hydrogen) atoms. The summed E-state index contributed by atoms with van der Waals surface area (Å²) >= 11 is 0. The maximum atomic E-state index is 5.46. The van der Waals surface area contributed by atoms with Gasteiger partial charge in [-0.1, -0.05) is 0 Å². The van der Waals surface area contributed by atoms with Crippen LogP contribution in [0.1, 0.15) is 24.8 Å². The number of aromatic nitrogens is 1. The second-order valence-corrected chi connectivity index (χ2v) is 6.32. The first kappa shape index (κ1) is 14.0. The maximum absolute atomic E-state index is 5.46. The molecule has 1 atom stereocenters. The fourth-order valence-corrected chi connectivity index (χ4v) is 3.84. The van der Waals surface area contributed by atoms with Crippen molar-refractivity contribution in [2.24, 2.45) is 5.41 Å². The Hall–Kier alpha value is -0.970. The summed E-state index contributed by atoms with van der Waals surface area (Å²) in [5.41, 5.74) is 1.87. The topological polar surface area (TPSA) is 37.4 Å². The molecular formula is C16H25N3O. The van der Waals surface area contributed by atoms with E-state index < -0.39 is 0 Å². The third-order valence-corrected chi connectivity index (χ3v) is 4.88. The third-order valence-electron chi connectivity index (χ3n) is 4.88. The molecule has 0 aromatic carbocycles. The molecule has 0 bridgehead atoms. The number of nitrogens with one attached hydrogen (secondary N) is 1. The van der Waals surface area contributed by atoms with Crippen molar-refractivity contribution in [3.63, 3.8) is 0 Å². The van der Waals surface area contributed by atoms with Crippen LogP contribution in [0.4, 0.5) is 0 Å². The van der Waals surface area contributed by atoms with Gasteiger partial charge >= 0.3 is 0 Å². The van der Waals surface area contributed by atoms with Gasteiger partial charge in [-0.15, -0.1) is 0 Å². The van der Waals surface area contributed by atoms with Gasteiger partial charge in [-0.2, -0.15) is 0 Å². The summed E-state index contributed by atoms with van der Waals surface area (Å²) in [6.45, 7) is 5.42. The first-order valence-corrected chi connectivity index (χ1v) is 7.64. The quantitative estimate of drug-likeness (QED) is 0.907. The van der Waals surface area contributed by atoms with Crippen molar-refractivity contribution < 1.29 is 4.74 Å². The van der Waals surface area contributed by atoms with Crippen LogP contribution < -0.4 is 5.32 Å². The van der Waals surface area contributed by atoms with E-state index in [1.807, 2.05) is 19.5 Å². The number of ether oxygens (including phenoxy) is 1. The zero-order valence-corrected chi connectivity index (χ0v) is 12.3. The van der Waals surface area contributed by atoms with E-state index in [9.17, 15) is 0 Å². The van der Waals surface area contributed by atoms with Gasteiger partial charge in [0.15, 0.2) is 0 Å². The largest absolute Gasteiger partial charge is 0.383 e. The molecule has 3 heterocycles. The standard InChI is InChI=1S/C16H25N3O/c1-20-12-15-10-16(4-8-18-9-5-16)13-19(15)11-14-2-6-17-7-3-14/h2-3,6-7,15,18H,4-5,8-13H2,1H3/t15-/m0/s1. The highest BCUT2D eigenvalue weighted by Crippen LogP contribution is 2.42. The molecule has 4 nitrogen and oxygen atoms in total. The number of pyridine rings is 1. The lowest BCUT2D eigenvalue weighted by Crippen LogP contribution is -2.38. The molecule has 2 saturated heterocycles. The summed E-state index contributed by atoms with van der Waals surface area (Å²) in [6.07, 6.45) is 7.67. The molecule has 0 aliphatic carbocycles. The molecular weight excluding hydrogens is 250 g/mol. The van der Waals surface area contributed by atoms with Gasteiger partial charge in [-0.25, -0.2) is 0 Å². The highest BCUT2D eigenvalue weighted by Gasteiger charge is 2.44. The molecule has 3 rings (SSSR count). The minimum atomic E-state index is 0.515. The predicted octanol–water partition coefficient (Wildman–Crippen LogP) is 1.67. The van der Waals surface area contributed by atoms with E-state index in [0.29, 0.717) is 11.5 Å². The number of hydrogen-bond acceptors (Lipinski definition) is 4. The summed E-state index contributed by atoms with van der Waals surface area (Å²) in [7, 11) is 1.82. The second-order valence-electron chi connectivity index (χ2n) is 6.32. The van der Waals surface area contributed by atoms with E-state index in [0.717, 1.165) is 13.2 Å². The average molecular weight is 275 g/mol. The maximum Gasteiger partial charge on any atom is 0.0618 e. The van der Waals surface area contributed by atoms with Crippen LogP contribution in [0.3, 0.4) is 0 Å². The van der Waals surface area contributed by atoms with Crippen LogP contribution in [-0.2, 0) is 11.3 Å². The highest BCUT2D eigenvalue weighted by molar-refractivity contribution is 5.11. The number of nitrogens with zero attached hydrogens (tertiary/aromatic N) is 2. The average Bonchev–Trinajstić information content (AvgIpc) is 2.78. The lowest BCUT2D eigenvalue weighted by molar-refractivity contribution is 0.111. The highest BCUT2D eigenvalue weighted by atomic mass is 16.5. The Bertz CT molecular complexity index is 417. The van der Waals surface area contributed by atoms with Crippen molar-refractivity contribution >= 4 is 0 Å². The summed E-state index contributed by atoms with van der Waals surface area (Å²) in [5, 5.41) is 3.49. The van der Waals surface area contributed by atoms with Crippen LogP contribution in [0.5, 0.6) is 0 Å². The second kappa shape index (κ2) is 6.20. The van der Waals surface area contributed by atoms with Crippen LogP contribution in [0.15, 0.2) is 24.5 Å². The molecule has 0 saturated carbocycles. The van der Waals surface area contributed by atoms with Gasteiger partial charge in [-0.05, 0) is 55.5 Å². The number of likely N-dealkylation sites (tertiary alicyclic amines) is 1. The Morgan fingerprint density at radius 2 is 2.10 bits per heavy atom. The van der Waals surface area contributed by atoms with Gasteiger partial charge in [0, 0.05) is 38.6 Å². The van der Waals surface area contributed by atoms with Crippen LogP contribution in [0.2, 0.25) is 0 Å². The molecule has 1 spiro atoms. The normalized spacial score (nSPS) is 26.1. The molecule has 0 radical (unpaired) electrons. The third kappa shape index (κ3) is 3.03. The lowest BCUT2D eigenvalue weighted by Gasteiger charge is -2.33. The molecule has 1 N–H and O–H groups in total. The molecule has 110 valence electrons. The molecule has 1 aromatic heterocycles. The van der Waals surface area contributed by atoms with Gasteiger partial charge in [0.1, 0.15) is 0 Å². The van der Waals surface area contributed by atoms with E-state index in [4.69, 9.17) is 4.74 Å². The zero-order valence-electron chi connectivity index (χ0n) is 12.3. The molecule has 0 unspecified atom stereocenters. The SMILES string of the molecule is COC[C@@H]1CC2(CCNCC2)CN1Cc1ccncc1. The Kier molecular flexibility index (Phi) is 4.34.